The monoisotopic (exact) mass is 346 g/mol. The van der Waals surface area contributed by atoms with Crippen molar-refractivity contribution >= 4 is 32.9 Å². The molecule has 0 radical (unpaired) electrons. The van der Waals surface area contributed by atoms with Crippen LogP contribution in [0.4, 0.5) is 0 Å². The minimum Gasteiger partial charge on any atom is -0.478 e. The number of aryl methyl sites for hydroxylation is 1. The lowest BCUT2D eigenvalue weighted by atomic mass is 10.2. The summed E-state index contributed by atoms with van der Waals surface area (Å²) in [4.78, 5) is 26.1. The van der Waals surface area contributed by atoms with Crippen LogP contribution in [0.2, 0.25) is 0 Å². The molecule has 0 aliphatic rings. The van der Waals surface area contributed by atoms with E-state index in [1.807, 2.05) is 25.1 Å². The molecule has 2 N–H and O–H groups in total. The topological polar surface area (TPSA) is 75.1 Å². The van der Waals surface area contributed by atoms with Crippen molar-refractivity contribution in [2.45, 2.75) is 6.92 Å². The SMILES string of the molecule is Cc1ccc(-n2c(=O)[nH]c3c(C(=O)O)cccc32)cc1Br. The molecule has 0 saturated heterocycles. The van der Waals surface area contributed by atoms with Crippen LogP contribution >= 0.6 is 15.9 Å². The van der Waals surface area contributed by atoms with Crippen LogP contribution in [-0.4, -0.2) is 20.6 Å². The first-order chi connectivity index (χ1) is 9.99. The minimum absolute atomic E-state index is 0.0783. The lowest BCUT2D eigenvalue weighted by molar-refractivity contribution is 0.0699. The van der Waals surface area contributed by atoms with Gasteiger partial charge in [0.1, 0.15) is 0 Å². The Bertz CT molecular complexity index is 924. The summed E-state index contributed by atoms with van der Waals surface area (Å²) in [7, 11) is 0. The molecule has 0 fully saturated rings. The van der Waals surface area contributed by atoms with Gasteiger partial charge in [0.25, 0.3) is 0 Å². The Morgan fingerprint density at radius 3 is 2.71 bits per heavy atom. The predicted octanol–water partition coefficient (Wildman–Crippen LogP) is 3.09. The minimum atomic E-state index is -1.07. The van der Waals surface area contributed by atoms with Gasteiger partial charge >= 0.3 is 11.7 Å². The van der Waals surface area contributed by atoms with Crippen molar-refractivity contribution in [3.05, 3.63) is 62.5 Å². The molecule has 0 spiro atoms. The third kappa shape index (κ3) is 2.17. The fourth-order valence-electron chi connectivity index (χ4n) is 2.29. The second-order valence-corrected chi connectivity index (χ2v) is 5.56. The van der Waals surface area contributed by atoms with E-state index in [-0.39, 0.29) is 11.3 Å². The van der Waals surface area contributed by atoms with E-state index in [2.05, 4.69) is 20.9 Å². The number of H-pyrrole nitrogens is 1. The Hall–Kier alpha value is -2.34. The molecule has 0 atom stereocenters. The van der Waals surface area contributed by atoms with Crippen LogP contribution in [0.15, 0.2) is 45.7 Å². The Labute approximate surface area is 128 Å². The molecule has 1 heterocycles. The molecule has 0 amide bonds. The summed E-state index contributed by atoms with van der Waals surface area (Å²) >= 11 is 3.44. The largest absolute Gasteiger partial charge is 0.478 e. The highest BCUT2D eigenvalue weighted by Gasteiger charge is 2.15. The smallest absolute Gasteiger partial charge is 0.337 e. The van der Waals surface area contributed by atoms with Crippen LogP contribution in [-0.2, 0) is 0 Å². The summed E-state index contributed by atoms with van der Waals surface area (Å²) in [6.07, 6.45) is 0. The van der Waals surface area contributed by atoms with Crippen LogP contribution in [0, 0.1) is 6.92 Å². The first kappa shape index (κ1) is 13.6. The zero-order chi connectivity index (χ0) is 15.1. The number of benzene rings is 2. The fourth-order valence-corrected chi connectivity index (χ4v) is 2.65. The van der Waals surface area contributed by atoms with E-state index in [0.29, 0.717) is 16.7 Å². The van der Waals surface area contributed by atoms with Crippen molar-refractivity contribution in [2.75, 3.05) is 0 Å². The third-order valence-corrected chi connectivity index (χ3v) is 4.22. The predicted molar refractivity (Wildman–Crippen MR) is 83.3 cm³/mol. The summed E-state index contributed by atoms with van der Waals surface area (Å²) in [5, 5.41) is 9.20. The van der Waals surface area contributed by atoms with Crippen molar-refractivity contribution < 1.29 is 9.90 Å². The van der Waals surface area contributed by atoms with Gasteiger partial charge in [-0.15, -0.1) is 0 Å². The van der Waals surface area contributed by atoms with E-state index in [9.17, 15) is 14.7 Å². The number of aromatic amines is 1. The van der Waals surface area contributed by atoms with E-state index in [4.69, 9.17) is 0 Å². The highest BCUT2D eigenvalue weighted by Crippen LogP contribution is 2.23. The number of aromatic carboxylic acids is 1. The zero-order valence-corrected chi connectivity index (χ0v) is 12.6. The number of hydrogen-bond donors (Lipinski definition) is 2. The molecule has 106 valence electrons. The van der Waals surface area contributed by atoms with Gasteiger partial charge in [0, 0.05) is 4.47 Å². The van der Waals surface area contributed by atoms with Crippen LogP contribution < -0.4 is 5.69 Å². The Kier molecular flexibility index (Phi) is 3.17. The Morgan fingerprint density at radius 2 is 2.05 bits per heavy atom. The van der Waals surface area contributed by atoms with Crippen LogP contribution in [0.1, 0.15) is 15.9 Å². The van der Waals surface area contributed by atoms with E-state index in [1.54, 1.807) is 12.1 Å². The van der Waals surface area contributed by atoms with E-state index in [1.165, 1.54) is 10.6 Å². The van der Waals surface area contributed by atoms with E-state index < -0.39 is 5.97 Å². The van der Waals surface area contributed by atoms with Crippen LogP contribution in [0.25, 0.3) is 16.7 Å². The van der Waals surface area contributed by atoms with E-state index in [0.717, 1.165) is 10.0 Å². The van der Waals surface area contributed by atoms with E-state index >= 15 is 0 Å². The molecule has 1 aromatic heterocycles. The van der Waals surface area contributed by atoms with Gasteiger partial charge < -0.3 is 10.1 Å². The number of aromatic nitrogens is 2. The molecule has 0 aliphatic heterocycles. The van der Waals surface area contributed by atoms with Gasteiger partial charge in [0.15, 0.2) is 0 Å². The van der Waals surface area contributed by atoms with Gasteiger partial charge in [-0.05, 0) is 36.8 Å². The summed E-state index contributed by atoms with van der Waals surface area (Å²) in [5.74, 6) is -1.07. The second kappa shape index (κ2) is 4.89. The molecule has 6 heteroatoms. The summed E-state index contributed by atoms with van der Waals surface area (Å²) in [6, 6.07) is 10.4. The lowest BCUT2D eigenvalue weighted by Crippen LogP contribution is -2.14. The maximum Gasteiger partial charge on any atom is 0.337 e. The first-order valence-electron chi connectivity index (χ1n) is 6.22. The number of hydrogen-bond acceptors (Lipinski definition) is 2. The van der Waals surface area contributed by atoms with Gasteiger partial charge in [0.05, 0.1) is 22.3 Å². The number of para-hydroxylation sites is 1. The van der Waals surface area contributed by atoms with Crippen molar-refractivity contribution in [1.29, 1.82) is 0 Å². The first-order valence-corrected chi connectivity index (χ1v) is 7.02. The third-order valence-electron chi connectivity index (χ3n) is 3.36. The second-order valence-electron chi connectivity index (χ2n) is 4.70. The number of rotatable bonds is 2. The fraction of sp³-hybridized carbons (Fsp3) is 0.0667. The molecule has 0 bridgehead atoms. The molecule has 0 saturated carbocycles. The molecular formula is C15H11BrN2O3. The van der Waals surface area contributed by atoms with Crippen LogP contribution in [0.3, 0.4) is 0 Å². The number of halogens is 1. The number of carbonyl (C=O) groups is 1. The molecule has 0 aliphatic carbocycles. The van der Waals surface area contributed by atoms with Crippen LogP contribution in [0.5, 0.6) is 0 Å². The van der Waals surface area contributed by atoms with Gasteiger partial charge in [-0.1, -0.05) is 28.1 Å². The Morgan fingerprint density at radius 1 is 1.29 bits per heavy atom. The molecular weight excluding hydrogens is 336 g/mol. The quantitative estimate of drug-likeness (QED) is 0.748. The maximum atomic E-state index is 12.2. The molecule has 3 aromatic rings. The van der Waals surface area contributed by atoms with Gasteiger partial charge in [0.2, 0.25) is 0 Å². The normalized spacial score (nSPS) is 11.0. The number of carboxylic acids is 1. The molecule has 2 aromatic carbocycles. The van der Waals surface area contributed by atoms with Crippen molar-refractivity contribution in [2.24, 2.45) is 0 Å². The maximum absolute atomic E-state index is 12.2. The Balaban J connectivity index is 2.35. The van der Waals surface area contributed by atoms with Gasteiger partial charge in [-0.2, -0.15) is 0 Å². The van der Waals surface area contributed by atoms with Gasteiger partial charge in [-0.25, -0.2) is 9.59 Å². The standard InChI is InChI=1S/C15H11BrN2O3/c1-8-5-6-9(7-11(8)16)18-12-4-2-3-10(14(19)20)13(12)17-15(18)21/h2-7H,1H3,(H,17,21)(H,19,20). The number of fused-ring (bicyclic) bond motifs is 1. The molecule has 0 unspecified atom stereocenters. The highest BCUT2D eigenvalue weighted by atomic mass is 79.9. The number of nitrogens with zero attached hydrogens (tertiary/aromatic N) is 1. The molecule has 5 nitrogen and oxygen atoms in total. The average molecular weight is 347 g/mol. The summed E-state index contributed by atoms with van der Waals surface area (Å²) in [6.45, 7) is 1.95. The van der Waals surface area contributed by atoms with Crippen molar-refractivity contribution in [3.8, 4) is 5.69 Å². The number of carboxylic acid groups (broad SMARTS) is 1. The van der Waals surface area contributed by atoms with Gasteiger partial charge in [-0.3, -0.25) is 4.57 Å². The summed E-state index contributed by atoms with van der Waals surface area (Å²) < 4.78 is 2.35. The lowest BCUT2D eigenvalue weighted by Gasteiger charge is -2.06. The zero-order valence-electron chi connectivity index (χ0n) is 11.1. The molecule has 3 rings (SSSR count). The summed E-state index contributed by atoms with van der Waals surface area (Å²) in [5.41, 5.74) is 2.30. The number of imidazole rings is 1. The van der Waals surface area contributed by atoms with Crippen molar-refractivity contribution in [3.63, 3.8) is 0 Å². The number of nitrogens with one attached hydrogen (secondary N) is 1. The average Bonchev–Trinajstić information content (AvgIpc) is 2.77. The highest BCUT2D eigenvalue weighted by molar-refractivity contribution is 9.10. The molecule has 21 heavy (non-hydrogen) atoms. The van der Waals surface area contributed by atoms with Crippen molar-refractivity contribution in [1.82, 2.24) is 9.55 Å².